The van der Waals surface area contributed by atoms with Gasteiger partial charge in [0.2, 0.25) is 0 Å². The molecular formula is C19H24N2O3S2. The van der Waals surface area contributed by atoms with Crippen LogP contribution in [0.15, 0.2) is 52.3 Å². The highest BCUT2D eigenvalue weighted by molar-refractivity contribution is 7.86. The van der Waals surface area contributed by atoms with Crippen LogP contribution in [-0.2, 0) is 26.5 Å². The molecule has 0 bridgehead atoms. The molecule has 3 atom stereocenters. The standard InChI is InChI=1S/C19H24N2O3S2/c1-21-17-8-5-4-7-15(17)19(20-11-6-12-24-2)16-10-9-14(25(3)22)13-18(16)26(21)23/h4-5,7-10,13,19-20H,6,11-12H2,1-3H3. The average Bonchev–Trinajstić information content (AvgIpc) is 2.74. The fourth-order valence-corrected chi connectivity index (χ4v) is 5.06. The molecule has 2 aromatic carbocycles. The van der Waals surface area contributed by atoms with E-state index in [1.165, 1.54) is 0 Å². The number of anilines is 1. The summed E-state index contributed by atoms with van der Waals surface area (Å²) in [6.45, 7) is 1.47. The molecule has 1 aliphatic heterocycles. The first kappa shape index (κ1) is 19.2. The van der Waals surface area contributed by atoms with E-state index in [0.717, 1.165) is 29.8 Å². The van der Waals surface area contributed by atoms with Crippen molar-refractivity contribution in [3.05, 3.63) is 53.6 Å². The van der Waals surface area contributed by atoms with E-state index in [0.29, 0.717) is 16.4 Å². The van der Waals surface area contributed by atoms with Crippen LogP contribution in [0.25, 0.3) is 0 Å². The Bertz CT molecular complexity index is 841. The molecule has 140 valence electrons. The number of nitrogens with zero attached hydrogens (tertiary/aromatic N) is 1. The molecule has 0 radical (unpaired) electrons. The fraction of sp³-hybridized carbons (Fsp3) is 0.368. The second kappa shape index (κ2) is 8.43. The third-order valence-electron chi connectivity index (χ3n) is 4.53. The van der Waals surface area contributed by atoms with Crippen LogP contribution in [0, 0.1) is 0 Å². The summed E-state index contributed by atoms with van der Waals surface area (Å²) in [5, 5.41) is 3.58. The highest BCUT2D eigenvalue weighted by atomic mass is 32.2. The monoisotopic (exact) mass is 392 g/mol. The molecule has 0 amide bonds. The third-order valence-corrected chi connectivity index (χ3v) is 6.87. The number of benzene rings is 2. The quantitative estimate of drug-likeness (QED) is 0.768. The molecule has 7 heteroatoms. The van der Waals surface area contributed by atoms with Crippen LogP contribution in [0.5, 0.6) is 0 Å². The summed E-state index contributed by atoms with van der Waals surface area (Å²) in [6.07, 6.45) is 2.53. The molecule has 2 aromatic rings. The summed E-state index contributed by atoms with van der Waals surface area (Å²) in [4.78, 5) is 1.40. The van der Waals surface area contributed by atoms with Gasteiger partial charge < -0.3 is 10.1 Å². The lowest BCUT2D eigenvalue weighted by atomic mass is 9.97. The molecule has 0 saturated heterocycles. The van der Waals surface area contributed by atoms with Crippen molar-refractivity contribution in [3.8, 4) is 0 Å². The van der Waals surface area contributed by atoms with Gasteiger partial charge in [0.05, 0.1) is 16.6 Å². The number of para-hydroxylation sites is 1. The summed E-state index contributed by atoms with van der Waals surface area (Å²) >= 11 is 0. The van der Waals surface area contributed by atoms with Gasteiger partial charge in [0, 0.05) is 42.7 Å². The number of hydrogen-bond acceptors (Lipinski definition) is 4. The highest BCUT2D eigenvalue weighted by Crippen LogP contribution is 2.39. The van der Waals surface area contributed by atoms with Gasteiger partial charge in [-0.1, -0.05) is 24.3 Å². The van der Waals surface area contributed by atoms with Crippen molar-refractivity contribution in [1.29, 1.82) is 0 Å². The van der Waals surface area contributed by atoms with E-state index < -0.39 is 21.8 Å². The SMILES string of the molecule is COCCCNC1c2ccccc2N(C)S(=O)c2cc(S(C)=O)ccc21. The normalized spacial score (nSPS) is 20.2. The lowest BCUT2D eigenvalue weighted by molar-refractivity contribution is 0.193. The molecule has 0 aliphatic carbocycles. The Labute approximate surface area is 159 Å². The van der Waals surface area contributed by atoms with E-state index in [1.54, 1.807) is 17.7 Å². The van der Waals surface area contributed by atoms with Gasteiger partial charge in [-0.2, -0.15) is 0 Å². The number of methoxy groups -OCH3 is 1. The Kier molecular flexibility index (Phi) is 6.24. The average molecular weight is 393 g/mol. The number of ether oxygens (including phenoxy) is 1. The minimum atomic E-state index is -1.36. The number of rotatable bonds is 6. The van der Waals surface area contributed by atoms with Crippen molar-refractivity contribution in [3.63, 3.8) is 0 Å². The molecule has 26 heavy (non-hydrogen) atoms. The van der Waals surface area contributed by atoms with E-state index in [4.69, 9.17) is 4.74 Å². The maximum Gasteiger partial charge on any atom is 0.153 e. The first-order chi connectivity index (χ1) is 12.5. The lowest BCUT2D eigenvalue weighted by Crippen LogP contribution is -2.25. The highest BCUT2D eigenvalue weighted by Gasteiger charge is 2.30. The maximum atomic E-state index is 13.2. The van der Waals surface area contributed by atoms with Crippen LogP contribution in [0.3, 0.4) is 0 Å². The zero-order valence-electron chi connectivity index (χ0n) is 15.2. The predicted octanol–water partition coefficient (Wildman–Crippen LogP) is 2.61. The molecule has 1 heterocycles. The van der Waals surface area contributed by atoms with E-state index in [-0.39, 0.29) is 6.04 Å². The number of fused-ring (bicyclic) bond motifs is 2. The molecular weight excluding hydrogens is 368 g/mol. The van der Waals surface area contributed by atoms with Crippen molar-refractivity contribution >= 4 is 27.5 Å². The minimum Gasteiger partial charge on any atom is -0.385 e. The van der Waals surface area contributed by atoms with Crippen molar-refractivity contribution in [2.75, 3.05) is 37.9 Å². The largest absolute Gasteiger partial charge is 0.385 e. The van der Waals surface area contributed by atoms with Crippen LogP contribution in [0.1, 0.15) is 23.6 Å². The van der Waals surface area contributed by atoms with Gasteiger partial charge in [0.1, 0.15) is 0 Å². The van der Waals surface area contributed by atoms with Crippen LogP contribution < -0.4 is 9.62 Å². The molecule has 1 N–H and O–H groups in total. The first-order valence-electron chi connectivity index (χ1n) is 8.49. The smallest absolute Gasteiger partial charge is 0.153 e. The van der Waals surface area contributed by atoms with Crippen LogP contribution in [0.4, 0.5) is 5.69 Å². The Hall–Kier alpha value is -1.54. The van der Waals surface area contributed by atoms with Gasteiger partial charge in [-0.25, -0.2) is 4.21 Å². The molecule has 0 saturated carbocycles. The molecule has 1 aliphatic rings. The molecule has 0 aromatic heterocycles. The summed E-state index contributed by atoms with van der Waals surface area (Å²) in [6, 6.07) is 13.6. The molecule has 3 unspecified atom stereocenters. The second-order valence-electron chi connectivity index (χ2n) is 6.19. The summed E-state index contributed by atoms with van der Waals surface area (Å²) in [5.74, 6) is 0. The van der Waals surface area contributed by atoms with Gasteiger partial charge in [-0.05, 0) is 42.3 Å². The van der Waals surface area contributed by atoms with Crippen LogP contribution in [-0.4, -0.2) is 42.0 Å². The van der Waals surface area contributed by atoms with E-state index >= 15 is 0 Å². The van der Waals surface area contributed by atoms with Crippen molar-refractivity contribution in [2.24, 2.45) is 0 Å². The molecule has 0 fully saturated rings. The maximum absolute atomic E-state index is 13.2. The van der Waals surface area contributed by atoms with Crippen molar-refractivity contribution in [2.45, 2.75) is 22.3 Å². The summed E-state index contributed by atoms with van der Waals surface area (Å²) in [7, 11) is 1.05. The Morgan fingerprint density at radius 3 is 2.73 bits per heavy atom. The minimum absolute atomic E-state index is 0.0775. The van der Waals surface area contributed by atoms with Gasteiger partial charge >= 0.3 is 0 Å². The number of hydrogen-bond donors (Lipinski definition) is 1. The van der Waals surface area contributed by atoms with Gasteiger partial charge in [-0.15, -0.1) is 0 Å². The van der Waals surface area contributed by atoms with Gasteiger partial charge in [-0.3, -0.25) is 8.51 Å². The predicted molar refractivity (Wildman–Crippen MR) is 106 cm³/mol. The zero-order valence-corrected chi connectivity index (χ0v) is 16.9. The Morgan fingerprint density at radius 1 is 1.23 bits per heavy atom. The number of nitrogens with one attached hydrogen (secondary N) is 1. The Balaban J connectivity index is 2.10. The second-order valence-corrected chi connectivity index (χ2v) is 9.06. The zero-order chi connectivity index (χ0) is 18.7. The topological polar surface area (TPSA) is 58.6 Å². The third kappa shape index (κ3) is 3.76. The van der Waals surface area contributed by atoms with Gasteiger partial charge in [0.25, 0.3) is 0 Å². The van der Waals surface area contributed by atoms with E-state index in [1.807, 2.05) is 43.4 Å². The lowest BCUT2D eigenvalue weighted by Gasteiger charge is -2.22. The molecule has 0 spiro atoms. The fourth-order valence-electron chi connectivity index (χ4n) is 3.19. The van der Waals surface area contributed by atoms with Crippen molar-refractivity contribution < 1.29 is 13.2 Å². The summed E-state index contributed by atoms with van der Waals surface area (Å²) < 4.78 is 32.0. The van der Waals surface area contributed by atoms with Crippen molar-refractivity contribution in [1.82, 2.24) is 5.32 Å². The summed E-state index contributed by atoms with van der Waals surface area (Å²) in [5.41, 5.74) is 2.99. The Morgan fingerprint density at radius 2 is 2.00 bits per heavy atom. The van der Waals surface area contributed by atoms with E-state index in [9.17, 15) is 8.42 Å². The van der Waals surface area contributed by atoms with Crippen LogP contribution >= 0.6 is 0 Å². The molecule has 5 nitrogen and oxygen atoms in total. The van der Waals surface area contributed by atoms with E-state index in [2.05, 4.69) is 11.4 Å². The van der Waals surface area contributed by atoms with Gasteiger partial charge in [0.15, 0.2) is 11.0 Å². The first-order valence-corrected chi connectivity index (χ1v) is 11.1. The van der Waals surface area contributed by atoms with Crippen LogP contribution in [0.2, 0.25) is 0 Å². The molecule has 3 rings (SSSR count).